The van der Waals surface area contributed by atoms with Crippen LogP contribution in [0, 0.1) is 12.8 Å². The highest BCUT2D eigenvalue weighted by Gasteiger charge is 2.24. The Bertz CT molecular complexity index is 626. The zero-order valence-electron chi connectivity index (χ0n) is 13.7. The van der Waals surface area contributed by atoms with Crippen LogP contribution < -0.4 is 5.32 Å². The summed E-state index contributed by atoms with van der Waals surface area (Å²) < 4.78 is 1.52. The van der Waals surface area contributed by atoms with Crippen LogP contribution in [-0.4, -0.2) is 43.9 Å². The molecule has 0 aliphatic carbocycles. The maximum Gasteiger partial charge on any atom is 0.245 e. The van der Waals surface area contributed by atoms with Crippen LogP contribution in [0.4, 0.5) is 0 Å². The lowest BCUT2D eigenvalue weighted by molar-refractivity contribution is -0.125. The summed E-state index contributed by atoms with van der Waals surface area (Å²) in [5.41, 5.74) is 1.02. The molecule has 23 heavy (non-hydrogen) atoms. The van der Waals surface area contributed by atoms with Crippen molar-refractivity contribution >= 4 is 5.91 Å². The van der Waals surface area contributed by atoms with Gasteiger partial charge >= 0.3 is 0 Å². The zero-order chi connectivity index (χ0) is 16.8. The number of nitrogens with one attached hydrogen (secondary N) is 1. The Morgan fingerprint density at radius 2 is 2.00 bits per heavy atom. The summed E-state index contributed by atoms with van der Waals surface area (Å²) in [6.45, 7) is 5.78. The summed E-state index contributed by atoms with van der Waals surface area (Å²) in [6, 6.07) is 9.16. The molecule has 0 aliphatic rings. The molecule has 1 aromatic heterocycles. The lowest BCUT2D eigenvalue weighted by Gasteiger charge is -2.20. The van der Waals surface area contributed by atoms with Crippen molar-refractivity contribution in [2.75, 3.05) is 6.54 Å². The Morgan fingerprint density at radius 3 is 2.57 bits per heavy atom. The van der Waals surface area contributed by atoms with Crippen LogP contribution in [0.2, 0.25) is 0 Å². The van der Waals surface area contributed by atoms with Crippen LogP contribution in [0.5, 0.6) is 0 Å². The first kappa shape index (κ1) is 17.1. The Morgan fingerprint density at radius 1 is 1.30 bits per heavy atom. The number of tetrazole rings is 1. The maximum absolute atomic E-state index is 12.6. The third-order valence-electron chi connectivity index (χ3n) is 3.78. The van der Waals surface area contributed by atoms with Gasteiger partial charge in [0.15, 0.2) is 0 Å². The summed E-state index contributed by atoms with van der Waals surface area (Å²) in [5, 5.41) is 24.1. The number of rotatable bonds is 7. The molecular formula is C16H23N5O2. The van der Waals surface area contributed by atoms with Gasteiger partial charge < -0.3 is 10.4 Å². The van der Waals surface area contributed by atoms with Crippen LogP contribution in [0.25, 0.3) is 0 Å². The van der Waals surface area contributed by atoms with Gasteiger partial charge in [-0.25, -0.2) is 4.68 Å². The van der Waals surface area contributed by atoms with Gasteiger partial charge in [0.25, 0.3) is 0 Å². The first-order chi connectivity index (χ1) is 11.0. The number of hydrogen-bond acceptors (Lipinski definition) is 5. The standard InChI is InChI=1S/C16H23N5O2/c1-11(2)15(22)10-17-16(23)14(21-12(3)18-19-20-21)9-13-7-5-4-6-8-13/h4-8,11,14-15,22H,9-10H2,1-3H3,(H,17,23). The molecule has 124 valence electrons. The van der Waals surface area contributed by atoms with E-state index < -0.39 is 12.1 Å². The molecule has 0 bridgehead atoms. The minimum Gasteiger partial charge on any atom is -0.391 e. The van der Waals surface area contributed by atoms with Gasteiger partial charge in [-0.2, -0.15) is 0 Å². The van der Waals surface area contributed by atoms with Crippen LogP contribution >= 0.6 is 0 Å². The van der Waals surface area contributed by atoms with E-state index in [4.69, 9.17) is 0 Å². The molecule has 2 rings (SSSR count). The highest BCUT2D eigenvalue weighted by molar-refractivity contribution is 5.80. The molecular weight excluding hydrogens is 294 g/mol. The van der Waals surface area contributed by atoms with Crippen molar-refractivity contribution < 1.29 is 9.90 Å². The average molecular weight is 317 g/mol. The highest BCUT2D eigenvalue weighted by Crippen LogP contribution is 2.15. The third kappa shape index (κ3) is 4.59. The second-order valence-corrected chi connectivity index (χ2v) is 5.93. The monoisotopic (exact) mass is 317 g/mol. The molecule has 0 aliphatic heterocycles. The SMILES string of the molecule is Cc1nnnn1C(Cc1ccccc1)C(=O)NCC(O)C(C)C. The molecule has 2 N–H and O–H groups in total. The predicted octanol–water partition coefficient (Wildman–Crippen LogP) is 0.898. The number of carbonyl (C=O) groups is 1. The normalized spacial score (nSPS) is 13.8. The molecule has 1 amide bonds. The van der Waals surface area contributed by atoms with Gasteiger partial charge in [-0.15, -0.1) is 5.10 Å². The summed E-state index contributed by atoms with van der Waals surface area (Å²) in [5.74, 6) is 0.451. The number of amides is 1. The molecule has 1 aromatic carbocycles. The number of aliphatic hydroxyl groups excluding tert-OH is 1. The van der Waals surface area contributed by atoms with E-state index in [0.29, 0.717) is 12.2 Å². The van der Waals surface area contributed by atoms with Gasteiger partial charge in [-0.05, 0) is 28.8 Å². The molecule has 7 heteroatoms. The Kier molecular flexibility index (Phi) is 5.81. The van der Waals surface area contributed by atoms with Crippen molar-refractivity contribution in [2.45, 2.75) is 39.3 Å². The number of aliphatic hydroxyl groups is 1. The van der Waals surface area contributed by atoms with Crippen molar-refractivity contribution in [1.29, 1.82) is 0 Å². The Hall–Kier alpha value is -2.28. The third-order valence-corrected chi connectivity index (χ3v) is 3.78. The predicted molar refractivity (Wildman–Crippen MR) is 85.6 cm³/mol. The first-order valence-corrected chi connectivity index (χ1v) is 7.73. The minimum atomic E-state index is -0.578. The molecule has 0 radical (unpaired) electrons. The maximum atomic E-state index is 12.6. The van der Waals surface area contributed by atoms with Crippen LogP contribution in [0.15, 0.2) is 30.3 Å². The molecule has 2 unspecified atom stereocenters. The topological polar surface area (TPSA) is 92.9 Å². The summed E-state index contributed by atoms with van der Waals surface area (Å²) in [4.78, 5) is 12.6. The van der Waals surface area contributed by atoms with E-state index in [2.05, 4.69) is 20.8 Å². The van der Waals surface area contributed by atoms with Crippen LogP contribution in [0.3, 0.4) is 0 Å². The smallest absolute Gasteiger partial charge is 0.245 e. The summed E-state index contributed by atoms with van der Waals surface area (Å²) >= 11 is 0. The Balaban J connectivity index is 2.13. The van der Waals surface area contributed by atoms with Crippen molar-refractivity contribution in [3.63, 3.8) is 0 Å². The largest absolute Gasteiger partial charge is 0.391 e. The van der Waals surface area contributed by atoms with E-state index >= 15 is 0 Å². The minimum absolute atomic E-state index is 0.0812. The number of benzene rings is 1. The lowest BCUT2D eigenvalue weighted by Crippen LogP contribution is -2.40. The van der Waals surface area contributed by atoms with Crippen LogP contribution in [-0.2, 0) is 11.2 Å². The van der Waals surface area contributed by atoms with Gasteiger partial charge in [-0.3, -0.25) is 4.79 Å². The van der Waals surface area contributed by atoms with Crippen molar-refractivity contribution in [3.8, 4) is 0 Å². The number of nitrogens with zero attached hydrogens (tertiary/aromatic N) is 4. The molecule has 1 heterocycles. The summed E-state index contributed by atoms with van der Waals surface area (Å²) in [7, 11) is 0. The van der Waals surface area contributed by atoms with Gasteiger partial charge in [-0.1, -0.05) is 44.2 Å². The fraction of sp³-hybridized carbons (Fsp3) is 0.500. The van der Waals surface area contributed by atoms with Crippen molar-refractivity contribution in [2.24, 2.45) is 5.92 Å². The molecule has 0 saturated carbocycles. The number of hydrogen-bond donors (Lipinski definition) is 2. The molecule has 2 aromatic rings. The highest BCUT2D eigenvalue weighted by atomic mass is 16.3. The number of aromatic nitrogens is 4. The summed E-state index contributed by atoms with van der Waals surface area (Å²) in [6.07, 6.45) is -0.0950. The zero-order valence-corrected chi connectivity index (χ0v) is 13.7. The van der Waals surface area contributed by atoms with Crippen molar-refractivity contribution in [3.05, 3.63) is 41.7 Å². The van der Waals surface area contributed by atoms with Gasteiger partial charge in [0.05, 0.1) is 6.10 Å². The second kappa shape index (κ2) is 7.82. The van der Waals surface area contributed by atoms with Gasteiger partial charge in [0, 0.05) is 13.0 Å². The van der Waals surface area contributed by atoms with E-state index in [9.17, 15) is 9.90 Å². The van der Waals surface area contributed by atoms with Gasteiger partial charge in [0.1, 0.15) is 11.9 Å². The quantitative estimate of drug-likeness (QED) is 0.791. The molecule has 2 atom stereocenters. The van der Waals surface area contributed by atoms with Crippen molar-refractivity contribution in [1.82, 2.24) is 25.5 Å². The van der Waals surface area contributed by atoms with E-state index in [1.807, 2.05) is 44.2 Å². The first-order valence-electron chi connectivity index (χ1n) is 7.73. The lowest BCUT2D eigenvalue weighted by atomic mass is 10.0. The van der Waals surface area contributed by atoms with E-state index in [-0.39, 0.29) is 18.4 Å². The number of carbonyl (C=O) groups excluding carboxylic acids is 1. The fourth-order valence-corrected chi connectivity index (χ4v) is 2.21. The Labute approximate surface area is 135 Å². The van der Waals surface area contributed by atoms with Crippen LogP contribution in [0.1, 0.15) is 31.3 Å². The van der Waals surface area contributed by atoms with E-state index in [1.165, 1.54) is 4.68 Å². The average Bonchev–Trinajstić information content (AvgIpc) is 2.96. The van der Waals surface area contributed by atoms with E-state index in [1.54, 1.807) is 6.92 Å². The number of aryl methyl sites for hydroxylation is 1. The van der Waals surface area contributed by atoms with E-state index in [0.717, 1.165) is 5.56 Å². The molecule has 7 nitrogen and oxygen atoms in total. The second-order valence-electron chi connectivity index (χ2n) is 5.93. The molecule has 0 saturated heterocycles. The molecule has 0 fully saturated rings. The van der Waals surface area contributed by atoms with Gasteiger partial charge in [0.2, 0.25) is 5.91 Å². The molecule has 0 spiro atoms. The fourth-order valence-electron chi connectivity index (χ4n) is 2.21.